The van der Waals surface area contributed by atoms with Crippen LogP contribution >= 0.6 is 0 Å². The summed E-state index contributed by atoms with van der Waals surface area (Å²) in [4.78, 5) is 35.6. The number of anilines is 1. The Morgan fingerprint density at radius 3 is 2.38 bits per heavy atom. The Bertz CT molecular complexity index is 635. The molecule has 24 heavy (non-hydrogen) atoms. The van der Waals surface area contributed by atoms with Crippen LogP contribution in [0.5, 0.6) is 0 Å². The summed E-state index contributed by atoms with van der Waals surface area (Å²) in [5.41, 5.74) is 2.21. The predicted molar refractivity (Wildman–Crippen MR) is 89.3 cm³/mol. The molecular weight excluding hydrogens is 310 g/mol. The minimum absolute atomic E-state index is 0.0938. The molecule has 0 bridgehead atoms. The van der Waals surface area contributed by atoms with Gasteiger partial charge < -0.3 is 14.8 Å². The molecule has 0 spiro atoms. The van der Waals surface area contributed by atoms with Gasteiger partial charge in [0, 0.05) is 11.3 Å². The first-order chi connectivity index (χ1) is 11.6. The van der Waals surface area contributed by atoms with Gasteiger partial charge in [0.05, 0.1) is 19.3 Å². The van der Waals surface area contributed by atoms with E-state index >= 15 is 0 Å². The van der Waals surface area contributed by atoms with E-state index < -0.39 is 23.9 Å². The lowest BCUT2D eigenvalue weighted by molar-refractivity contribution is -0.162. The van der Waals surface area contributed by atoms with Crippen molar-refractivity contribution < 1.29 is 23.9 Å². The van der Waals surface area contributed by atoms with Crippen LogP contribution in [0.3, 0.4) is 0 Å². The van der Waals surface area contributed by atoms with E-state index in [-0.39, 0.29) is 19.6 Å². The normalized spacial score (nSPS) is 15.8. The molecule has 6 heteroatoms. The molecule has 1 atom stereocenters. The lowest BCUT2D eigenvalue weighted by atomic mass is 9.90. The first kappa shape index (κ1) is 17.7. The van der Waals surface area contributed by atoms with Gasteiger partial charge in [0.15, 0.2) is 5.92 Å². The molecule has 0 fully saturated rings. The number of carbonyl (C=O) groups excluding carboxylic acids is 3. The fourth-order valence-electron chi connectivity index (χ4n) is 2.63. The monoisotopic (exact) mass is 331 g/mol. The number of benzene rings is 1. The van der Waals surface area contributed by atoms with Crippen molar-refractivity contribution >= 4 is 30.0 Å². The first-order valence-electron chi connectivity index (χ1n) is 7.96. The largest absolute Gasteiger partial charge is 0.465 e. The molecular formula is C18H21NO5. The van der Waals surface area contributed by atoms with Crippen LogP contribution in [0.2, 0.25) is 0 Å². The maximum absolute atomic E-state index is 12.1. The van der Waals surface area contributed by atoms with Crippen LogP contribution in [0, 0.1) is 5.92 Å². The Morgan fingerprint density at radius 1 is 1.17 bits per heavy atom. The minimum atomic E-state index is -1.07. The first-order valence-corrected chi connectivity index (χ1v) is 7.96. The molecule has 0 amide bonds. The molecule has 1 unspecified atom stereocenters. The Labute approximate surface area is 140 Å². The molecule has 2 rings (SSSR count). The number of carbonyl (C=O) groups is 3. The van der Waals surface area contributed by atoms with Crippen LogP contribution < -0.4 is 5.32 Å². The van der Waals surface area contributed by atoms with E-state index in [0.717, 1.165) is 17.5 Å². The number of para-hydroxylation sites is 1. The zero-order valence-electron chi connectivity index (χ0n) is 13.8. The van der Waals surface area contributed by atoms with Crippen molar-refractivity contribution in [2.75, 3.05) is 18.5 Å². The Morgan fingerprint density at radius 2 is 1.79 bits per heavy atom. The van der Waals surface area contributed by atoms with Crippen molar-refractivity contribution in [3.05, 3.63) is 35.4 Å². The lowest BCUT2D eigenvalue weighted by Gasteiger charge is -2.27. The van der Waals surface area contributed by atoms with Crippen molar-refractivity contribution in [3.8, 4) is 0 Å². The number of rotatable bonds is 7. The zero-order valence-corrected chi connectivity index (χ0v) is 13.8. The topological polar surface area (TPSA) is 81.7 Å². The van der Waals surface area contributed by atoms with Gasteiger partial charge >= 0.3 is 11.9 Å². The number of hydrogen-bond donors (Lipinski definition) is 1. The fraction of sp³-hybridized carbons (Fsp3) is 0.389. The molecule has 1 N–H and O–H groups in total. The van der Waals surface area contributed by atoms with E-state index in [9.17, 15) is 14.4 Å². The maximum atomic E-state index is 12.1. The molecule has 6 nitrogen and oxygen atoms in total. The van der Waals surface area contributed by atoms with Crippen LogP contribution in [-0.2, 0) is 23.9 Å². The average molecular weight is 331 g/mol. The highest BCUT2D eigenvalue weighted by Crippen LogP contribution is 2.29. The molecule has 0 radical (unpaired) electrons. The second-order valence-corrected chi connectivity index (χ2v) is 5.34. The van der Waals surface area contributed by atoms with E-state index in [1.807, 2.05) is 24.3 Å². The van der Waals surface area contributed by atoms with Crippen molar-refractivity contribution in [1.82, 2.24) is 0 Å². The Balaban J connectivity index is 2.23. The maximum Gasteiger partial charge on any atom is 0.320 e. The van der Waals surface area contributed by atoms with Gasteiger partial charge in [-0.05, 0) is 38.0 Å². The summed E-state index contributed by atoms with van der Waals surface area (Å²) in [6.07, 6.45) is 2.59. The standard InChI is InChI=1S/C18H21NO5/c1-3-23-17(21)14(18(22)24-4-2)10-16-13(11-20)9-12-7-5-6-8-15(12)19-16/h5-9,11,14,16,19H,3-4,10H2,1-2H3. The second kappa shape index (κ2) is 8.29. The molecule has 0 saturated carbocycles. The summed E-state index contributed by atoms with van der Waals surface area (Å²) in [7, 11) is 0. The second-order valence-electron chi connectivity index (χ2n) is 5.34. The van der Waals surface area contributed by atoms with Gasteiger partial charge in [-0.2, -0.15) is 0 Å². The van der Waals surface area contributed by atoms with Gasteiger partial charge in [-0.3, -0.25) is 14.4 Å². The number of aldehydes is 1. The quantitative estimate of drug-likeness (QED) is 0.468. The smallest absolute Gasteiger partial charge is 0.320 e. The minimum Gasteiger partial charge on any atom is -0.465 e. The van der Waals surface area contributed by atoms with Gasteiger partial charge in [0.2, 0.25) is 0 Å². The van der Waals surface area contributed by atoms with Gasteiger partial charge in [-0.15, -0.1) is 0 Å². The number of fused-ring (bicyclic) bond motifs is 1. The van der Waals surface area contributed by atoms with Crippen molar-refractivity contribution in [2.24, 2.45) is 5.92 Å². The van der Waals surface area contributed by atoms with Crippen LogP contribution in [0.25, 0.3) is 6.08 Å². The van der Waals surface area contributed by atoms with E-state index in [2.05, 4.69) is 5.32 Å². The Hall–Kier alpha value is -2.63. The van der Waals surface area contributed by atoms with Crippen LogP contribution in [0.4, 0.5) is 5.69 Å². The van der Waals surface area contributed by atoms with E-state index in [0.29, 0.717) is 5.57 Å². The third-order valence-corrected chi connectivity index (χ3v) is 3.76. The summed E-state index contributed by atoms with van der Waals surface area (Å²) in [6, 6.07) is 7.05. The number of ether oxygens (including phenoxy) is 2. The molecule has 0 aliphatic carbocycles. The Kier molecular flexibility index (Phi) is 6.12. The zero-order chi connectivity index (χ0) is 17.5. The highest BCUT2D eigenvalue weighted by molar-refractivity contribution is 5.96. The van der Waals surface area contributed by atoms with Crippen molar-refractivity contribution in [2.45, 2.75) is 26.3 Å². The number of nitrogens with one attached hydrogen (secondary N) is 1. The SMILES string of the molecule is CCOC(=O)C(CC1Nc2ccccc2C=C1C=O)C(=O)OCC. The van der Waals surface area contributed by atoms with Crippen molar-refractivity contribution in [3.63, 3.8) is 0 Å². The van der Waals surface area contributed by atoms with E-state index in [1.54, 1.807) is 19.9 Å². The predicted octanol–water partition coefficient (Wildman–Crippen LogP) is 2.20. The molecule has 1 aromatic rings. The highest BCUT2D eigenvalue weighted by Gasteiger charge is 2.34. The molecule has 0 aromatic heterocycles. The van der Waals surface area contributed by atoms with Crippen LogP contribution in [0.15, 0.2) is 29.8 Å². The summed E-state index contributed by atoms with van der Waals surface area (Å²) < 4.78 is 9.95. The molecule has 1 aliphatic rings. The average Bonchev–Trinajstić information content (AvgIpc) is 2.59. The summed E-state index contributed by atoms with van der Waals surface area (Å²) in [6.45, 7) is 3.69. The van der Waals surface area contributed by atoms with Gasteiger partial charge in [-0.25, -0.2) is 0 Å². The molecule has 1 aliphatic heterocycles. The van der Waals surface area contributed by atoms with Gasteiger partial charge in [0.1, 0.15) is 6.29 Å². The van der Waals surface area contributed by atoms with Crippen molar-refractivity contribution in [1.29, 1.82) is 0 Å². The summed E-state index contributed by atoms with van der Waals surface area (Å²) >= 11 is 0. The third kappa shape index (κ3) is 4.01. The summed E-state index contributed by atoms with van der Waals surface area (Å²) in [5, 5.41) is 3.21. The van der Waals surface area contributed by atoms with Crippen LogP contribution in [-0.4, -0.2) is 37.5 Å². The number of hydrogen-bond acceptors (Lipinski definition) is 6. The molecule has 0 saturated heterocycles. The lowest BCUT2D eigenvalue weighted by Crippen LogP contribution is -2.36. The third-order valence-electron chi connectivity index (χ3n) is 3.76. The molecule has 1 heterocycles. The number of esters is 2. The van der Waals surface area contributed by atoms with Gasteiger partial charge in [0.25, 0.3) is 0 Å². The molecule has 128 valence electrons. The van der Waals surface area contributed by atoms with Gasteiger partial charge in [-0.1, -0.05) is 18.2 Å². The van der Waals surface area contributed by atoms with E-state index in [4.69, 9.17) is 9.47 Å². The fourth-order valence-corrected chi connectivity index (χ4v) is 2.63. The van der Waals surface area contributed by atoms with E-state index in [1.165, 1.54) is 0 Å². The highest BCUT2D eigenvalue weighted by atomic mass is 16.6. The van der Waals surface area contributed by atoms with Crippen LogP contribution in [0.1, 0.15) is 25.8 Å². The molecule has 1 aromatic carbocycles. The summed E-state index contributed by atoms with van der Waals surface area (Å²) in [5.74, 6) is -2.35.